The van der Waals surface area contributed by atoms with Gasteiger partial charge in [0.05, 0.1) is 0 Å². The second kappa shape index (κ2) is 11.0. The second-order valence-electron chi connectivity index (χ2n) is 8.34. The maximum atomic E-state index is 2.54. The van der Waals surface area contributed by atoms with Crippen LogP contribution in [0, 0.1) is 0 Å². The highest BCUT2D eigenvalue weighted by atomic mass is 14.2. The van der Waals surface area contributed by atoms with Gasteiger partial charge >= 0.3 is 0 Å². The average Bonchev–Trinajstić information content (AvgIpc) is 2.53. The van der Waals surface area contributed by atoms with Crippen LogP contribution in [0.4, 0.5) is 0 Å². The number of hydrogen-bond acceptors (Lipinski definition) is 0. The molecule has 1 rings (SSSR count). The maximum Gasteiger partial charge on any atom is 0.152 e. The second-order valence-corrected chi connectivity index (χ2v) is 8.34. The monoisotopic (exact) mass is 327 g/mol. The molecule has 0 saturated heterocycles. The number of benzene rings is 1. The summed E-state index contributed by atoms with van der Waals surface area (Å²) in [6.07, 6.45) is 9.50. The van der Waals surface area contributed by atoms with Gasteiger partial charge in [-0.2, -0.15) is 0 Å². The lowest BCUT2D eigenvalue weighted by molar-refractivity contribution is 0.624. The zero-order chi connectivity index (χ0) is 18.1. The Balaban J connectivity index is 2.83. The predicted octanol–water partition coefficient (Wildman–Crippen LogP) is 7.17. The van der Waals surface area contributed by atoms with E-state index >= 15 is 0 Å². The van der Waals surface area contributed by atoms with Gasteiger partial charge in [-0.1, -0.05) is 122 Å². The lowest BCUT2D eigenvalue weighted by Crippen LogP contribution is -2.26. The van der Waals surface area contributed by atoms with Gasteiger partial charge in [-0.05, 0) is 23.3 Å². The third-order valence-corrected chi connectivity index (χ3v) is 5.08. The number of hydrogen-bond donors (Lipinski definition) is 0. The highest BCUT2D eigenvalue weighted by molar-refractivity contribution is 6.54. The largest absolute Gasteiger partial charge is 0.152 e. The van der Waals surface area contributed by atoms with Crippen molar-refractivity contribution in [2.24, 2.45) is 0 Å². The van der Waals surface area contributed by atoms with Crippen molar-refractivity contribution in [1.82, 2.24) is 0 Å². The molecule has 1 aromatic rings. The Kier molecular flexibility index (Phi) is 9.78. The predicted molar refractivity (Wildman–Crippen MR) is 112 cm³/mol. The molecule has 0 amide bonds. The molecular formula is C23H40B. The van der Waals surface area contributed by atoms with Crippen molar-refractivity contribution >= 4 is 12.7 Å². The minimum atomic E-state index is 0.594. The van der Waals surface area contributed by atoms with E-state index in [4.69, 9.17) is 0 Å². The van der Waals surface area contributed by atoms with Crippen LogP contribution in [0.25, 0.3) is 0 Å². The first kappa shape index (κ1) is 21.3. The molecule has 0 nitrogen and oxygen atoms in total. The van der Waals surface area contributed by atoms with E-state index in [0.29, 0.717) is 17.8 Å². The minimum Gasteiger partial charge on any atom is -0.0810 e. The summed E-state index contributed by atoms with van der Waals surface area (Å²) in [5.74, 6) is 1.79. The van der Waals surface area contributed by atoms with Gasteiger partial charge in [-0.25, -0.2) is 0 Å². The standard InChI is InChI=1S/C23H40B/c1-8-9-10-11-12-13-14-24-23-21(18(4)5)15-20(17(2)3)16-22(23)19(6)7/h15-19H,8-14H2,1-7H3. The number of unbranched alkanes of at least 4 members (excludes halogenated alkanes) is 5. The van der Waals surface area contributed by atoms with E-state index in [9.17, 15) is 0 Å². The van der Waals surface area contributed by atoms with Gasteiger partial charge < -0.3 is 0 Å². The van der Waals surface area contributed by atoms with Crippen LogP contribution in [0.3, 0.4) is 0 Å². The topological polar surface area (TPSA) is 0 Å². The Morgan fingerprint density at radius 2 is 1.21 bits per heavy atom. The Morgan fingerprint density at radius 3 is 1.67 bits per heavy atom. The van der Waals surface area contributed by atoms with Crippen LogP contribution in [0.1, 0.15) is 121 Å². The van der Waals surface area contributed by atoms with Crippen molar-refractivity contribution in [1.29, 1.82) is 0 Å². The molecule has 0 N–H and O–H groups in total. The van der Waals surface area contributed by atoms with E-state index in [-0.39, 0.29) is 0 Å². The SMILES string of the molecule is CCCCCCCC[B]c1c(C(C)C)cc(C(C)C)cc1C(C)C. The molecule has 0 aromatic heterocycles. The van der Waals surface area contributed by atoms with Crippen LogP contribution in [-0.2, 0) is 0 Å². The first-order valence-corrected chi connectivity index (χ1v) is 10.4. The minimum absolute atomic E-state index is 0.594. The van der Waals surface area contributed by atoms with Gasteiger partial charge in [0, 0.05) is 0 Å². The Morgan fingerprint density at radius 1 is 0.708 bits per heavy atom. The van der Waals surface area contributed by atoms with Crippen LogP contribution >= 0.6 is 0 Å². The molecular weight excluding hydrogens is 287 g/mol. The first-order chi connectivity index (χ1) is 11.4. The van der Waals surface area contributed by atoms with Crippen molar-refractivity contribution < 1.29 is 0 Å². The van der Waals surface area contributed by atoms with Crippen LogP contribution < -0.4 is 5.46 Å². The van der Waals surface area contributed by atoms with Crippen molar-refractivity contribution in [3.05, 3.63) is 28.8 Å². The normalized spacial score (nSPS) is 11.8. The highest BCUT2D eigenvalue weighted by Gasteiger charge is 2.17. The van der Waals surface area contributed by atoms with E-state index in [0.717, 1.165) is 0 Å². The molecule has 0 aliphatic heterocycles. The van der Waals surface area contributed by atoms with E-state index in [1.807, 2.05) is 0 Å². The smallest absolute Gasteiger partial charge is 0.0810 e. The van der Waals surface area contributed by atoms with Crippen LogP contribution in [0.2, 0.25) is 6.32 Å². The molecule has 1 heteroatoms. The summed E-state index contributed by atoms with van der Waals surface area (Å²) in [5, 5.41) is 0. The van der Waals surface area contributed by atoms with E-state index in [1.54, 1.807) is 11.1 Å². The van der Waals surface area contributed by atoms with Gasteiger partial charge in [-0.15, -0.1) is 0 Å². The molecule has 0 bridgehead atoms. The third-order valence-electron chi connectivity index (χ3n) is 5.08. The van der Waals surface area contributed by atoms with Crippen molar-refractivity contribution in [2.45, 2.75) is 111 Å². The fourth-order valence-corrected chi connectivity index (χ4v) is 3.42. The van der Waals surface area contributed by atoms with Crippen LogP contribution in [0.5, 0.6) is 0 Å². The molecule has 0 atom stereocenters. The zero-order valence-corrected chi connectivity index (χ0v) is 17.4. The summed E-state index contributed by atoms with van der Waals surface area (Å²) < 4.78 is 0. The Bertz CT molecular complexity index is 442. The fourth-order valence-electron chi connectivity index (χ4n) is 3.42. The summed E-state index contributed by atoms with van der Waals surface area (Å²) in [4.78, 5) is 0. The molecule has 0 saturated carbocycles. The molecule has 0 aliphatic carbocycles. The average molecular weight is 327 g/mol. The molecule has 1 aromatic carbocycles. The highest BCUT2D eigenvalue weighted by Crippen LogP contribution is 2.25. The fraction of sp³-hybridized carbons (Fsp3) is 0.739. The molecule has 0 fully saturated rings. The lowest BCUT2D eigenvalue weighted by atomic mass is 9.60. The van der Waals surface area contributed by atoms with Crippen LogP contribution in [0.15, 0.2) is 12.1 Å². The van der Waals surface area contributed by atoms with E-state index in [1.165, 1.54) is 55.9 Å². The molecule has 0 spiro atoms. The van der Waals surface area contributed by atoms with E-state index in [2.05, 4.69) is 67.9 Å². The van der Waals surface area contributed by atoms with E-state index < -0.39 is 0 Å². The molecule has 1 radical (unpaired) electrons. The Labute approximate surface area is 153 Å². The van der Waals surface area contributed by atoms with Gasteiger partial charge in [0.15, 0.2) is 7.28 Å². The van der Waals surface area contributed by atoms with Gasteiger partial charge in [0.2, 0.25) is 0 Å². The zero-order valence-electron chi connectivity index (χ0n) is 17.4. The van der Waals surface area contributed by atoms with Gasteiger partial charge in [0.25, 0.3) is 0 Å². The summed E-state index contributed by atoms with van der Waals surface area (Å²) in [7, 11) is 2.54. The molecule has 135 valence electrons. The summed E-state index contributed by atoms with van der Waals surface area (Å²) in [6.45, 7) is 16.3. The molecule has 0 heterocycles. The van der Waals surface area contributed by atoms with Crippen LogP contribution in [-0.4, -0.2) is 7.28 Å². The van der Waals surface area contributed by atoms with Gasteiger partial charge in [-0.3, -0.25) is 0 Å². The molecule has 0 aliphatic rings. The van der Waals surface area contributed by atoms with Crippen molar-refractivity contribution in [3.63, 3.8) is 0 Å². The van der Waals surface area contributed by atoms with Crippen molar-refractivity contribution in [3.8, 4) is 0 Å². The summed E-state index contributed by atoms with van der Waals surface area (Å²) >= 11 is 0. The molecule has 0 unspecified atom stereocenters. The Hall–Kier alpha value is -0.715. The quantitative estimate of drug-likeness (QED) is 0.298. The molecule has 24 heavy (non-hydrogen) atoms. The van der Waals surface area contributed by atoms with Crippen molar-refractivity contribution in [2.75, 3.05) is 0 Å². The summed E-state index contributed by atoms with van der Waals surface area (Å²) in [5.41, 5.74) is 6.14. The lowest BCUT2D eigenvalue weighted by Gasteiger charge is -2.23. The maximum absolute atomic E-state index is 2.54. The number of rotatable bonds is 11. The summed E-state index contributed by atoms with van der Waals surface area (Å²) in [6, 6.07) is 4.93. The first-order valence-electron chi connectivity index (χ1n) is 10.4. The van der Waals surface area contributed by atoms with Gasteiger partial charge in [0.1, 0.15) is 0 Å². The third kappa shape index (κ3) is 6.65.